The number of phenolic OH excluding ortho intramolecular Hbond substituents is 1. The van der Waals surface area contributed by atoms with Crippen LogP contribution in [0.25, 0.3) is 10.9 Å². The molecule has 3 aromatic rings. The van der Waals surface area contributed by atoms with E-state index in [0.29, 0.717) is 11.4 Å². The van der Waals surface area contributed by atoms with E-state index >= 15 is 0 Å². The van der Waals surface area contributed by atoms with Gasteiger partial charge in [-0.1, -0.05) is 34.1 Å². The first-order valence-corrected chi connectivity index (χ1v) is 7.15. The number of fused-ring (bicyclic) bond motifs is 1. The summed E-state index contributed by atoms with van der Waals surface area (Å²) in [7, 11) is 0. The second-order valence-electron chi connectivity index (χ2n) is 4.46. The van der Waals surface area contributed by atoms with E-state index in [-0.39, 0.29) is 5.75 Å². The zero-order valence-corrected chi connectivity index (χ0v) is 12.6. The van der Waals surface area contributed by atoms with Crippen molar-refractivity contribution >= 4 is 38.9 Å². The lowest BCUT2D eigenvalue weighted by molar-refractivity contribution is 0.474. The molecule has 0 radical (unpaired) electrons. The van der Waals surface area contributed by atoms with Crippen molar-refractivity contribution in [1.82, 2.24) is 4.98 Å². The number of anilines is 1. The number of phenols is 1. The van der Waals surface area contributed by atoms with Crippen molar-refractivity contribution in [2.75, 3.05) is 5.43 Å². The third kappa shape index (κ3) is 3.20. The molecule has 0 atom stereocenters. The van der Waals surface area contributed by atoms with Crippen molar-refractivity contribution in [3.05, 3.63) is 64.6 Å². The minimum absolute atomic E-state index is 0.176. The molecule has 2 N–H and O–H groups in total. The standard InChI is InChI=1S/C16H12BrN3O/c17-13-6-7-15(21)12(9-13)10-18-20-16-8-5-11-3-1-2-4-14(11)19-16/h1-10,21H,(H,19,20)/b18-10-. The highest BCUT2D eigenvalue weighted by Gasteiger charge is 1.99. The second-order valence-corrected chi connectivity index (χ2v) is 5.38. The Morgan fingerprint density at radius 3 is 2.86 bits per heavy atom. The predicted octanol–water partition coefficient (Wildman–Crippen LogP) is 4.15. The van der Waals surface area contributed by atoms with Gasteiger partial charge in [0.05, 0.1) is 11.7 Å². The smallest absolute Gasteiger partial charge is 0.146 e. The number of para-hydroxylation sites is 1. The first kappa shape index (κ1) is 13.6. The van der Waals surface area contributed by atoms with E-state index in [1.807, 2.05) is 36.4 Å². The minimum Gasteiger partial charge on any atom is -0.507 e. The third-order valence-electron chi connectivity index (χ3n) is 2.97. The molecule has 5 heteroatoms. The lowest BCUT2D eigenvalue weighted by Gasteiger charge is -2.02. The largest absolute Gasteiger partial charge is 0.507 e. The van der Waals surface area contributed by atoms with Crippen LogP contribution in [0.5, 0.6) is 5.75 Å². The van der Waals surface area contributed by atoms with Crippen molar-refractivity contribution in [1.29, 1.82) is 0 Å². The fourth-order valence-corrected chi connectivity index (χ4v) is 2.30. The van der Waals surface area contributed by atoms with Crippen LogP contribution < -0.4 is 5.43 Å². The zero-order valence-electron chi connectivity index (χ0n) is 11.0. The maximum Gasteiger partial charge on any atom is 0.146 e. The van der Waals surface area contributed by atoms with Gasteiger partial charge in [0.2, 0.25) is 0 Å². The number of aromatic nitrogens is 1. The molecule has 2 aromatic carbocycles. The monoisotopic (exact) mass is 341 g/mol. The lowest BCUT2D eigenvalue weighted by Crippen LogP contribution is -1.94. The van der Waals surface area contributed by atoms with Gasteiger partial charge in [-0.2, -0.15) is 5.10 Å². The molecule has 0 bridgehead atoms. The molecule has 0 aliphatic heterocycles. The molecule has 3 rings (SSSR count). The van der Waals surface area contributed by atoms with Crippen LogP contribution in [0.3, 0.4) is 0 Å². The number of nitrogens with zero attached hydrogens (tertiary/aromatic N) is 2. The highest BCUT2D eigenvalue weighted by atomic mass is 79.9. The Morgan fingerprint density at radius 1 is 1.10 bits per heavy atom. The number of hydrogen-bond acceptors (Lipinski definition) is 4. The van der Waals surface area contributed by atoms with E-state index in [1.165, 1.54) is 0 Å². The Labute approximate surface area is 130 Å². The number of rotatable bonds is 3. The molecule has 0 spiro atoms. The summed E-state index contributed by atoms with van der Waals surface area (Å²) in [4.78, 5) is 4.45. The van der Waals surface area contributed by atoms with Gasteiger partial charge in [-0.05, 0) is 36.4 Å². The van der Waals surface area contributed by atoms with Crippen LogP contribution in [0, 0.1) is 0 Å². The quantitative estimate of drug-likeness (QED) is 0.555. The Balaban J connectivity index is 1.79. The van der Waals surface area contributed by atoms with Gasteiger partial charge in [0.1, 0.15) is 11.6 Å². The molecule has 0 fully saturated rings. The summed E-state index contributed by atoms with van der Waals surface area (Å²) < 4.78 is 0.880. The third-order valence-corrected chi connectivity index (χ3v) is 3.46. The Kier molecular flexibility index (Phi) is 3.83. The highest BCUT2D eigenvalue weighted by molar-refractivity contribution is 9.10. The summed E-state index contributed by atoms with van der Waals surface area (Å²) in [6, 6.07) is 16.9. The molecule has 0 aliphatic carbocycles. The van der Waals surface area contributed by atoms with Crippen molar-refractivity contribution in [3.8, 4) is 5.75 Å². The van der Waals surface area contributed by atoms with E-state index in [2.05, 4.69) is 31.4 Å². The van der Waals surface area contributed by atoms with Crippen LogP contribution in [0.2, 0.25) is 0 Å². The fourth-order valence-electron chi connectivity index (χ4n) is 1.93. The number of hydrogen-bond donors (Lipinski definition) is 2. The van der Waals surface area contributed by atoms with E-state index in [9.17, 15) is 5.11 Å². The Bertz CT molecular complexity index is 817. The molecule has 0 saturated heterocycles. The van der Waals surface area contributed by atoms with E-state index in [1.54, 1.807) is 24.4 Å². The maximum atomic E-state index is 9.72. The van der Waals surface area contributed by atoms with Crippen LogP contribution in [0.4, 0.5) is 5.82 Å². The number of nitrogens with one attached hydrogen (secondary N) is 1. The van der Waals surface area contributed by atoms with Crippen molar-refractivity contribution < 1.29 is 5.11 Å². The zero-order chi connectivity index (χ0) is 14.7. The molecule has 21 heavy (non-hydrogen) atoms. The molecule has 4 nitrogen and oxygen atoms in total. The van der Waals surface area contributed by atoms with Crippen LogP contribution in [-0.4, -0.2) is 16.3 Å². The van der Waals surface area contributed by atoms with Gasteiger partial charge in [-0.3, -0.25) is 5.43 Å². The predicted molar refractivity (Wildman–Crippen MR) is 88.8 cm³/mol. The van der Waals surface area contributed by atoms with Crippen LogP contribution >= 0.6 is 15.9 Å². The van der Waals surface area contributed by atoms with Gasteiger partial charge >= 0.3 is 0 Å². The average molecular weight is 342 g/mol. The molecule has 1 aromatic heterocycles. The van der Waals surface area contributed by atoms with E-state index in [4.69, 9.17) is 0 Å². The molecule has 0 unspecified atom stereocenters. The van der Waals surface area contributed by atoms with E-state index in [0.717, 1.165) is 15.4 Å². The van der Waals surface area contributed by atoms with Gasteiger partial charge in [0, 0.05) is 15.4 Å². The van der Waals surface area contributed by atoms with Crippen LogP contribution in [-0.2, 0) is 0 Å². The van der Waals surface area contributed by atoms with Crippen LogP contribution in [0.15, 0.2) is 64.2 Å². The molecular formula is C16H12BrN3O. The van der Waals surface area contributed by atoms with Gasteiger partial charge in [-0.25, -0.2) is 4.98 Å². The molecule has 104 valence electrons. The average Bonchev–Trinajstić information content (AvgIpc) is 2.50. The first-order valence-electron chi connectivity index (χ1n) is 6.36. The van der Waals surface area contributed by atoms with Gasteiger partial charge in [0.25, 0.3) is 0 Å². The van der Waals surface area contributed by atoms with Crippen LogP contribution in [0.1, 0.15) is 5.56 Å². The number of hydrazone groups is 1. The summed E-state index contributed by atoms with van der Waals surface area (Å²) >= 11 is 3.35. The number of halogens is 1. The SMILES string of the molecule is Oc1ccc(Br)cc1/C=N\Nc1ccc2ccccc2n1. The topological polar surface area (TPSA) is 57.5 Å². The minimum atomic E-state index is 0.176. The van der Waals surface area contributed by atoms with Gasteiger partial charge in [-0.15, -0.1) is 0 Å². The number of pyridine rings is 1. The summed E-state index contributed by atoms with van der Waals surface area (Å²) in [5.74, 6) is 0.828. The number of benzene rings is 2. The summed E-state index contributed by atoms with van der Waals surface area (Å²) in [6.07, 6.45) is 1.55. The van der Waals surface area contributed by atoms with Crippen molar-refractivity contribution in [3.63, 3.8) is 0 Å². The lowest BCUT2D eigenvalue weighted by atomic mass is 10.2. The normalized spacial score (nSPS) is 11.1. The second kappa shape index (κ2) is 5.93. The molecule has 0 amide bonds. The van der Waals surface area contributed by atoms with Gasteiger partial charge in [0.15, 0.2) is 0 Å². The fraction of sp³-hybridized carbons (Fsp3) is 0. The molecule has 1 heterocycles. The Morgan fingerprint density at radius 2 is 1.95 bits per heavy atom. The van der Waals surface area contributed by atoms with Crippen molar-refractivity contribution in [2.45, 2.75) is 0 Å². The van der Waals surface area contributed by atoms with Gasteiger partial charge < -0.3 is 5.11 Å². The van der Waals surface area contributed by atoms with Crippen molar-refractivity contribution in [2.24, 2.45) is 5.10 Å². The highest BCUT2D eigenvalue weighted by Crippen LogP contribution is 2.20. The first-order chi connectivity index (χ1) is 10.2. The maximum absolute atomic E-state index is 9.72. The van der Waals surface area contributed by atoms with E-state index < -0.39 is 0 Å². The summed E-state index contributed by atoms with van der Waals surface area (Å²) in [5, 5.41) is 14.9. The molecular weight excluding hydrogens is 330 g/mol. The molecule has 0 aliphatic rings. The molecule has 0 saturated carbocycles. The number of aromatic hydroxyl groups is 1. The Hall–Kier alpha value is -2.40. The summed E-state index contributed by atoms with van der Waals surface area (Å²) in [5.41, 5.74) is 4.39. The summed E-state index contributed by atoms with van der Waals surface area (Å²) in [6.45, 7) is 0.